The minimum Gasteiger partial charge on any atom is -0.478 e. The second-order valence-corrected chi connectivity index (χ2v) is 5.85. The number of carboxylic acid groups (broad SMARTS) is 1. The van der Waals surface area contributed by atoms with Crippen LogP contribution in [0.3, 0.4) is 0 Å². The fraction of sp³-hybridized carbons (Fsp3) is 0.438. The summed E-state index contributed by atoms with van der Waals surface area (Å²) in [7, 11) is 0. The Labute approximate surface area is 118 Å². The van der Waals surface area contributed by atoms with Crippen LogP contribution in [-0.4, -0.2) is 28.1 Å². The normalized spacial score (nSPS) is 18.8. The molecule has 0 spiro atoms. The predicted octanol–water partition coefficient (Wildman–Crippen LogP) is 3.30. The molecule has 0 bridgehead atoms. The number of hydrogen-bond donors (Lipinski definition) is 1. The maximum atomic E-state index is 13.3. The molecule has 3 nitrogen and oxygen atoms in total. The number of carbonyl (C=O) groups is 1. The number of rotatable bonds is 4. The van der Waals surface area contributed by atoms with Gasteiger partial charge in [-0.25, -0.2) is 9.18 Å². The summed E-state index contributed by atoms with van der Waals surface area (Å²) in [5.74, 6) is -1.37. The van der Waals surface area contributed by atoms with E-state index in [2.05, 4.69) is 18.7 Å². The van der Waals surface area contributed by atoms with Crippen LogP contribution < -0.4 is 0 Å². The van der Waals surface area contributed by atoms with Crippen molar-refractivity contribution in [3.05, 3.63) is 41.2 Å². The summed E-state index contributed by atoms with van der Waals surface area (Å²) in [6.07, 6.45) is 4.82. The molecular formula is C16H20FNO2. The first-order chi connectivity index (χ1) is 9.38. The van der Waals surface area contributed by atoms with Crippen LogP contribution in [0.4, 0.5) is 4.39 Å². The van der Waals surface area contributed by atoms with E-state index >= 15 is 0 Å². The van der Waals surface area contributed by atoms with Gasteiger partial charge < -0.3 is 5.11 Å². The third kappa shape index (κ3) is 3.45. The zero-order chi connectivity index (χ0) is 14.8. The molecule has 1 aliphatic heterocycles. The molecule has 0 saturated carbocycles. The topological polar surface area (TPSA) is 40.5 Å². The SMILES string of the molecule is CC1(C)CCCN1Cc1ccc(F)cc1C=CC(=O)O. The molecule has 2 rings (SSSR count). The molecule has 1 N–H and O–H groups in total. The Morgan fingerprint density at radius 2 is 2.25 bits per heavy atom. The van der Waals surface area contributed by atoms with E-state index in [0.29, 0.717) is 12.1 Å². The summed E-state index contributed by atoms with van der Waals surface area (Å²) in [6.45, 7) is 6.14. The zero-order valence-electron chi connectivity index (χ0n) is 11.9. The van der Waals surface area contributed by atoms with E-state index in [9.17, 15) is 9.18 Å². The van der Waals surface area contributed by atoms with Crippen LogP contribution in [0.2, 0.25) is 0 Å². The van der Waals surface area contributed by atoms with E-state index in [0.717, 1.165) is 31.0 Å². The lowest BCUT2D eigenvalue weighted by Crippen LogP contribution is -2.37. The molecule has 1 aromatic rings. The summed E-state index contributed by atoms with van der Waals surface area (Å²) in [5.41, 5.74) is 1.73. The highest BCUT2D eigenvalue weighted by Crippen LogP contribution is 2.30. The Kier molecular flexibility index (Phi) is 4.23. The summed E-state index contributed by atoms with van der Waals surface area (Å²) < 4.78 is 13.3. The Bertz CT molecular complexity index is 537. The predicted molar refractivity (Wildman–Crippen MR) is 76.8 cm³/mol. The number of hydrogen-bond acceptors (Lipinski definition) is 2. The van der Waals surface area contributed by atoms with Crippen LogP contribution in [0, 0.1) is 5.82 Å². The summed E-state index contributed by atoms with van der Waals surface area (Å²) in [5, 5.41) is 8.71. The van der Waals surface area contributed by atoms with Crippen molar-refractivity contribution in [2.24, 2.45) is 0 Å². The number of halogens is 1. The van der Waals surface area contributed by atoms with Crippen LogP contribution in [0.15, 0.2) is 24.3 Å². The van der Waals surface area contributed by atoms with Crippen LogP contribution in [0.25, 0.3) is 6.08 Å². The van der Waals surface area contributed by atoms with E-state index in [1.807, 2.05) is 0 Å². The highest BCUT2D eigenvalue weighted by molar-refractivity contribution is 5.85. The summed E-state index contributed by atoms with van der Waals surface area (Å²) >= 11 is 0. The monoisotopic (exact) mass is 277 g/mol. The first-order valence-corrected chi connectivity index (χ1v) is 6.83. The molecule has 108 valence electrons. The van der Waals surface area contributed by atoms with Gasteiger partial charge >= 0.3 is 5.97 Å². The number of benzene rings is 1. The zero-order valence-corrected chi connectivity index (χ0v) is 11.9. The molecule has 0 aromatic heterocycles. The van der Waals surface area contributed by atoms with E-state index in [-0.39, 0.29) is 11.4 Å². The molecule has 0 unspecified atom stereocenters. The van der Waals surface area contributed by atoms with Crippen molar-refractivity contribution in [1.29, 1.82) is 0 Å². The van der Waals surface area contributed by atoms with Gasteiger partial charge in [-0.05, 0) is 62.6 Å². The van der Waals surface area contributed by atoms with Gasteiger partial charge in [0.15, 0.2) is 0 Å². The van der Waals surface area contributed by atoms with E-state index in [4.69, 9.17) is 5.11 Å². The average molecular weight is 277 g/mol. The summed E-state index contributed by atoms with van der Waals surface area (Å²) in [6, 6.07) is 4.56. The Morgan fingerprint density at radius 1 is 1.50 bits per heavy atom. The third-order valence-corrected chi connectivity index (χ3v) is 3.95. The quantitative estimate of drug-likeness (QED) is 0.858. The third-order valence-electron chi connectivity index (χ3n) is 3.95. The van der Waals surface area contributed by atoms with Crippen molar-refractivity contribution in [2.45, 2.75) is 38.8 Å². The largest absolute Gasteiger partial charge is 0.478 e. The van der Waals surface area contributed by atoms with Gasteiger partial charge in [-0.2, -0.15) is 0 Å². The number of carboxylic acids is 1. The molecule has 1 aliphatic rings. The van der Waals surface area contributed by atoms with Crippen molar-refractivity contribution >= 4 is 12.0 Å². The molecule has 0 radical (unpaired) electrons. The highest BCUT2D eigenvalue weighted by atomic mass is 19.1. The minimum absolute atomic E-state index is 0.141. The molecule has 1 heterocycles. The molecular weight excluding hydrogens is 257 g/mol. The lowest BCUT2D eigenvalue weighted by molar-refractivity contribution is -0.131. The standard InChI is InChI=1S/C16H20FNO2/c1-16(2)8-3-9-18(16)11-13-4-6-14(17)10-12(13)5-7-15(19)20/h4-7,10H,3,8-9,11H2,1-2H3,(H,19,20). The van der Waals surface area contributed by atoms with Gasteiger partial charge in [-0.3, -0.25) is 4.90 Å². The molecule has 20 heavy (non-hydrogen) atoms. The van der Waals surface area contributed by atoms with Gasteiger partial charge in [-0.15, -0.1) is 0 Å². The molecule has 0 aliphatic carbocycles. The highest BCUT2D eigenvalue weighted by Gasteiger charge is 2.31. The molecule has 1 saturated heterocycles. The Balaban J connectivity index is 2.25. The van der Waals surface area contributed by atoms with Gasteiger partial charge in [0, 0.05) is 18.2 Å². The number of aliphatic carboxylic acids is 1. The van der Waals surface area contributed by atoms with Crippen LogP contribution >= 0.6 is 0 Å². The van der Waals surface area contributed by atoms with Crippen molar-refractivity contribution in [3.63, 3.8) is 0 Å². The maximum absolute atomic E-state index is 13.3. The van der Waals surface area contributed by atoms with Crippen molar-refractivity contribution < 1.29 is 14.3 Å². The van der Waals surface area contributed by atoms with E-state index in [1.165, 1.54) is 18.2 Å². The second-order valence-electron chi connectivity index (χ2n) is 5.85. The Morgan fingerprint density at radius 3 is 2.85 bits per heavy atom. The lowest BCUT2D eigenvalue weighted by Gasteiger charge is -2.32. The molecule has 4 heteroatoms. The minimum atomic E-state index is -1.03. The molecule has 1 fully saturated rings. The first-order valence-electron chi connectivity index (χ1n) is 6.83. The van der Waals surface area contributed by atoms with Crippen LogP contribution in [0.5, 0.6) is 0 Å². The van der Waals surface area contributed by atoms with E-state index in [1.54, 1.807) is 6.07 Å². The lowest BCUT2D eigenvalue weighted by atomic mass is 10.00. The maximum Gasteiger partial charge on any atom is 0.328 e. The fourth-order valence-electron chi connectivity index (χ4n) is 2.69. The number of nitrogens with zero attached hydrogens (tertiary/aromatic N) is 1. The van der Waals surface area contributed by atoms with Gasteiger partial charge in [0.05, 0.1) is 0 Å². The van der Waals surface area contributed by atoms with Crippen LogP contribution in [-0.2, 0) is 11.3 Å². The summed E-state index contributed by atoms with van der Waals surface area (Å²) in [4.78, 5) is 13.0. The first kappa shape index (κ1) is 14.7. The van der Waals surface area contributed by atoms with Crippen molar-refractivity contribution in [2.75, 3.05) is 6.54 Å². The fourth-order valence-corrected chi connectivity index (χ4v) is 2.69. The Hall–Kier alpha value is -1.68. The molecule has 0 amide bonds. The second kappa shape index (κ2) is 5.75. The van der Waals surface area contributed by atoms with Gasteiger partial charge in [0.25, 0.3) is 0 Å². The van der Waals surface area contributed by atoms with Gasteiger partial charge in [0.2, 0.25) is 0 Å². The van der Waals surface area contributed by atoms with Gasteiger partial charge in [0.1, 0.15) is 5.82 Å². The van der Waals surface area contributed by atoms with Crippen LogP contribution in [0.1, 0.15) is 37.8 Å². The molecule has 0 atom stereocenters. The average Bonchev–Trinajstić information content (AvgIpc) is 2.69. The van der Waals surface area contributed by atoms with Gasteiger partial charge in [-0.1, -0.05) is 6.07 Å². The number of likely N-dealkylation sites (tertiary alicyclic amines) is 1. The van der Waals surface area contributed by atoms with E-state index < -0.39 is 5.97 Å². The molecule has 1 aromatic carbocycles. The van der Waals surface area contributed by atoms with Crippen molar-refractivity contribution in [3.8, 4) is 0 Å². The van der Waals surface area contributed by atoms with Crippen molar-refractivity contribution in [1.82, 2.24) is 4.90 Å². The smallest absolute Gasteiger partial charge is 0.328 e.